The highest BCUT2D eigenvalue weighted by atomic mass is 32.1. The fourth-order valence-electron chi connectivity index (χ4n) is 3.37. The Balaban J connectivity index is 1.61. The highest BCUT2D eigenvalue weighted by molar-refractivity contribution is 7.15. The molecule has 0 amide bonds. The first-order valence-electron chi connectivity index (χ1n) is 9.46. The minimum absolute atomic E-state index is 0.111. The third-order valence-electron chi connectivity index (χ3n) is 5.08. The van der Waals surface area contributed by atoms with Crippen LogP contribution < -0.4 is 14.8 Å². The summed E-state index contributed by atoms with van der Waals surface area (Å²) in [6.45, 7) is 4.05. The summed E-state index contributed by atoms with van der Waals surface area (Å²) in [6.07, 6.45) is 1.74. The molecule has 0 saturated carbocycles. The van der Waals surface area contributed by atoms with E-state index in [-0.39, 0.29) is 11.3 Å². The van der Waals surface area contributed by atoms with Crippen LogP contribution in [-0.4, -0.2) is 9.38 Å². The van der Waals surface area contributed by atoms with Crippen LogP contribution in [-0.2, 0) is 0 Å². The van der Waals surface area contributed by atoms with Crippen molar-refractivity contribution in [1.82, 2.24) is 9.38 Å². The van der Waals surface area contributed by atoms with Crippen molar-refractivity contribution in [2.75, 3.05) is 0 Å². The first-order valence-corrected chi connectivity index (χ1v) is 10.3. The van der Waals surface area contributed by atoms with Gasteiger partial charge in [0, 0.05) is 0 Å². The van der Waals surface area contributed by atoms with Gasteiger partial charge in [-0.05, 0) is 73.0 Å². The molecule has 0 aliphatic heterocycles. The van der Waals surface area contributed by atoms with Gasteiger partial charge in [-0.2, -0.15) is 0 Å². The summed E-state index contributed by atoms with van der Waals surface area (Å²) in [4.78, 5) is 18.3. The van der Waals surface area contributed by atoms with Crippen molar-refractivity contribution >= 4 is 33.4 Å². The van der Waals surface area contributed by atoms with Crippen LogP contribution in [0.1, 0.15) is 16.7 Å². The summed E-state index contributed by atoms with van der Waals surface area (Å²) >= 11 is 1.32. The second kappa shape index (κ2) is 7.07. The van der Waals surface area contributed by atoms with E-state index in [0.29, 0.717) is 20.8 Å². The molecule has 0 fully saturated rings. The second-order valence-corrected chi connectivity index (χ2v) is 8.18. The van der Waals surface area contributed by atoms with Crippen LogP contribution in [0.25, 0.3) is 22.1 Å². The first kappa shape index (κ1) is 18.5. The van der Waals surface area contributed by atoms with Gasteiger partial charge in [0.25, 0.3) is 5.56 Å². The lowest BCUT2D eigenvalue weighted by atomic mass is 10.1. The Hall–Kier alpha value is -3.51. The number of fused-ring (bicyclic) bond motifs is 3. The standard InChI is InChI=1S/C24H17FN2O2S/c1-14-10-19-20(11-15(14)2)27-23(28)22(30-24(27)26-19)13-16-8-9-18(25)21(12-16)29-17-6-4-3-5-7-17/h3-13H,1-2H3/b22-13-. The SMILES string of the molecule is Cc1cc2nc3s/c(=C\c4ccc(F)c(Oc5ccccc5)c4)c(=O)n3c2cc1C. The predicted molar refractivity (Wildman–Crippen MR) is 118 cm³/mol. The number of rotatable bonds is 3. The molecule has 0 aliphatic carbocycles. The summed E-state index contributed by atoms with van der Waals surface area (Å²) in [5.74, 6) is 0.196. The molecule has 0 unspecified atom stereocenters. The van der Waals surface area contributed by atoms with Crippen molar-refractivity contribution in [2.45, 2.75) is 13.8 Å². The van der Waals surface area contributed by atoms with Gasteiger partial charge in [0.15, 0.2) is 16.5 Å². The van der Waals surface area contributed by atoms with Crippen LogP contribution in [0, 0.1) is 19.7 Å². The fourth-order valence-corrected chi connectivity index (χ4v) is 4.36. The van der Waals surface area contributed by atoms with Crippen LogP contribution in [0.5, 0.6) is 11.5 Å². The molecule has 0 bridgehead atoms. The van der Waals surface area contributed by atoms with Gasteiger partial charge in [-0.1, -0.05) is 35.6 Å². The van der Waals surface area contributed by atoms with Crippen LogP contribution in [0.3, 0.4) is 0 Å². The molecule has 2 heterocycles. The summed E-state index contributed by atoms with van der Waals surface area (Å²) in [6, 6.07) is 17.6. The van der Waals surface area contributed by atoms with Crippen LogP contribution in [0.15, 0.2) is 65.5 Å². The van der Waals surface area contributed by atoms with Crippen molar-refractivity contribution in [3.8, 4) is 11.5 Å². The van der Waals surface area contributed by atoms with Crippen molar-refractivity contribution in [3.63, 3.8) is 0 Å². The number of ether oxygens (including phenoxy) is 1. The molecule has 5 rings (SSSR count). The molecule has 5 aromatic rings. The maximum Gasteiger partial charge on any atom is 0.274 e. The lowest BCUT2D eigenvalue weighted by Gasteiger charge is -2.07. The lowest BCUT2D eigenvalue weighted by Crippen LogP contribution is -2.22. The van der Waals surface area contributed by atoms with E-state index >= 15 is 0 Å². The molecule has 4 nitrogen and oxygen atoms in total. The highest BCUT2D eigenvalue weighted by Crippen LogP contribution is 2.26. The minimum Gasteiger partial charge on any atom is -0.454 e. The summed E-state index contributed by atoms with van der Waals surface area (Å²) in [5.41, 5.74) is 4.43. The maximum absolute atomic E-state index is 14.2. The topological polar surface area (TPSA) is 43.6 Å². The number of halogens is 1. The van der Waals surface area contributed by atoms with E-state index in [2.05, 4.69) is 4.98 Å². The molecule has 148 valence electrons. The molecule has 0 radical (unpaired) electrons. The lowest BCUT2D eigenvalue weighted by molar-refractivity contribution is 0.442. The van der Waals surface area contributed by atoms with E-state index < -0.39 is 5.82 Å². The predicted octanol–water partition coefficient (Wildman–Crippen LogP) is 5.01. The molecule has 0 saturated heterocycles. The Labute approximate surface area is 175 Å². The monoisotopic (exact) mass is 416 g/mol. The van der Waals surface area contributed by atoms with Gasteiger partial charge in [-0.3, -0.25) is 4.79 Å². The Morgan fingerprint density at radius 1 is 1.03 bits per heavy atom. The van der Waals surface area contributed by atoms with Gasteiger partial charge < -0.3 is 4.74 Å². The number of nitrogens with zero attached hydrogens (tertiary/aromatic N) is 2. The quantitative estimate of drug-likeness (QED) is 0.416. The molecular formula is C24H17FN2O2S. The summed E-state index contributed by atoms with van der Waals surface area (Å²) < 4.78 is 22.1. The largest absolute Gasteiger partial charge is 0.454 e. The average Bonchev–Trinajstić information content (AvgIpc) is 3.22. The van der Waals surface area contributed by atoms with Crippen LogP contribution in [0.4, 0.5) is 4.39 Å². The maximum atomic E-state index is 14.2. The number of hydrogen-bond donors (Lipinski definition) is 0. The number of hydrogen-bond acceptors (Lipinski definition) is 4. The van der Waals surface area contributed by atoms with Gasteiger partial charge in [0.1, 0.15) is 5.75 Å². The van der Waals surface area contributed by atoms with Crippen LogP contribution in [0.2, 0.25) is 0 Å². The number of imidazole rings is 1. The van der Waals surface area contributed by atoms with Crippen molar-refractivity contribution < 1.29 is 9.13 Å². The van der Waals surface area contributed by atoms with E-state index in [0.717, 1.165) is 22.2 Å². The number of para-hydroxylation sites is 1. The van der Waals surface area contributed by atoms with E-state index in [4.69, 9.17) is 4.74 Å². The van der Waals surface area contributed by atoms with Gasteiger partial charge in [-0.15, -0.1) is 0 Å². The van der Waals surface area contributed by atoms with Crippen molar-refractivity contribution in [1.29, 1.82) is 0 Å². The zero-order chi connectivity index (χ0) is 20.8. The van der Waals surface area contributed by atoms with E-state index in [1.54, 1.807) is 34.7 Å². The van der Waals surface area contributed by atoms with Crippen molar-refractivity contribution in [2.24, 2.45) is 0 Å². The van der Waals surface area contributed by atoms with Crippen molar-refractivity contribution in [3.05, 3.63) is 98.1 Å². The van der Waals surface area contributed by atoms with Gasteiger partial charge >= 0.3 is 0 Å². The molecule has 0 spiro atoms. The zero-order valence-electron chi connectivity index (χ0n) is 16.3. The van der Waals surface area contributed by atoms with E-state index in [1.165, 1.54) is 17.4 Å². The molecule has 3 aromatic carbocycles. The molecule has 0 aliphatic rings. The third kappa shape index (κ3) is 3.15. The average molecular weight is 416 g/mol. The van der Waals surface area contributed by atoms with Gasteiger partial charge in [0.05, 0.1) is 15.6 Å². The van der Waals surface area contributed by atoms with Gasteiger partial charge in [-0.25, -0.2) is 13.8 Å². The summed E-state index contributed by atoms with van der Waals surface area (Å²) in [5, 5.41) is 0. The Bertz CT molecular complexity index is 1520. The van der Waals surface area contributed by atoms with E-state index in [1.807, 2.05) is 44.2 Å². The normalized spacial score (nSPS) is 12.2. The number of aryl methyl sites for hydroxylation is 2. The summed E-state index contributed by atoms with van der Waals surface area (Å²) in [7, 11) is 0. The van der Waals surface area contributed by atoms with Gasteiger partial charge in [0.2, 0.25) is 0 Å². The fraction of sp³-hybridized carbons (Fsp3) is 0.0833. The molecule has 0 N–H and O–H groups in total. The first-order chi connectivity index (χ1) is 14.5. The molecular weight excluding hydrogens is 399 g/mol. The second-order valence-electron chi connectivity index (χ2n) is 7.18. The number of thiazole rings is 1. The molecule has 2 aromatic heterocycles. The molecule has 30 heavy (non-hydrogen) atoms. The molecule has 6 heteroatoms. The smallest absolute Gasteiger partial charge is 0.274 e. The Morgan fingerprint density at radius 2 is 1.80 bits per heavy atom. The number of benzene rings is 3. The zero-order valence-corrected chi connectivity index (χ0v) is 17.2. The van der Waals surface area contributed by atoms with Crippen LogP contribution >= 0.6 is 11.3 Å². The van der Waals surface area contributed by atoms with E-state index in [9.17, 15) is 9.18 Å². The minimum atomic E-state index is -0.462. The Kier molecular flexibility index (Phi) is 4.37. The highest BCUT2D eigenvalue weighted by Gasteiger charge is 2.13. The molecule has 0 atom stereocenters. The Morgan fingerprint density at radius 3 is 2.60 bits per heavy atom. The number of aromatic nitrogens is 2. The third-order valence-corrected chi connectivity index (χ3v) is 6.05.